The van der Waals surface area contributed by atoms with E-state index in [1.165, 1.54) is 18.5 Å². The van der Waals surface area contributed by atoms with Crippen LogP contribution < -0.4 is 15.8 Å². The second kappa shape index (κ2) is 9.22. The van der Waals surface area contributed by atoms with Crippen molar-refractivity contribution in [2.75, 3.05) is 6.61 Å². The number of aromatic amines is 1. The van der Waals surface area contributed by atoms with Gasteiger partial charge in [-0.25, -0.2) is 14.4 Å². The predicted molar refractivity (Wildman–Crippen MR) is 118 cm³/mol. The molecule has 1 aromatic carbocycles. The molecule has 0 spiro atoms. The van der Waals surface area contributed by atoms with Crippen LogP contribution in [0, 0.1) is 12.7 Å². The third-order valence-corrected chi connectivity index (χ3v) is 6.13. The van der Waals surface area contributed by atoms with Crippen molar-refractivity contribution < 1.29 is 19.0 Å². The lowest BCUT2D eigenvalue weighted by molar-refractivity contribution is -0.125. The van der Waals surface area contributed by atoms with Crippen molar-refractivity contribution in [2.45, 2.75) is 57.0 Å². The normalized spacial score (nSPS) is 16.6. The van der Waals surface area contributed by atoms with Gasteiger partial charge in [-0.1, -0.05) is 25.3 Å². The summed E-state index contributed by atoms with van der Waals surface area (Å²) in [5, 5.41) is 13.4. The number of H-pyrrole nitrogens is 1. The van der Waals surface area contributed by atoms with E-state index in [-0.39, 0.29) is 30.6 Å². The second-order valence-electron chi connectivity index (χ2n) is 8.54. The summed E-state index contributed by atoms with van der Waals surface area (Å²) in [6.45, 7) is 1.78. The van der Waals surface area contributed by atoms with Gasteiger partial charge in [-0.05, 0) is 49.4 Å². The van der Waals surface area contributed by atoms with Gasteiger partial charge in [0.1, 0.15) is 12.0 Å². The minimum absolute atomic E-state index is 0.0220. The van der Waals surface area contributed by atoms with Crippen LogP contribution in [-0.2, 0) is 11.2 Å². The van der Waals surface area contributed by atoms with Crippen molar-refractivity contribution in [2.24, 2.45) is 5.73 Å². The highest BCUT2D eigenvalue weighted by Gasteiger charge is 2.34. The molecule has 1 fully saturated rings. The Hall–Kier alpha value is -3.04. The molecule has 1 unspecified atom stereocenters. The fourth-order valence-corrected chi connectivity index (χ4v) is 4.27. The van der Waals surface area contributed by atoms with Gasteiger partial charge in [0, 0.05) is 6.20 Å². The molecule has 8 nitrogen and oxygen atoms in total. The minimum atomic E-state index is -0.851. The average molecular weight is 442 g/mol. The molecule has 2 aromatic heterocycles. The van der Waals surface area contributed by atoms with E-state index < -0.39 is 17.4 Å². The Bertz CT molecular complexity index is 1110. The van der Waals surface area contributed by atoms with Gasteiger partial charge in [-0.2, -0.15) is 0 Å². The summed E-state index contributed by atoms with van der Waals surface area (Å²) in [6.07, 6.45) is 7.79. The number of aromatic nitrogens is 3. The summed E-state index contributed by atoms with van der Waals surface area (Å²) >= 11 is 0. The van der Waals surface area contributed by atoms with E-state index in [2.05, 4.69) is 20.3 Å². The summed E-state index contributed by atoms with van der Waals surface area (Å²) in [5.74, 6) is -0.630. The first-order valence-electron chi connectivity index (χ1n) is 10.8. The molecule has 0 saturated heterocycles. The van der Waals surface area contributed by atoms with Gasteiger partial charge in [0.2, 0.25) is 11.8 Å². The quantitative estimate of drug-likeness (QED) is 0.447. The van der Waals surface area contributed by atoms with Crippen molar-refractivity contribution in [3.63, 3.8) is 0 Å². The van der Waals surface area contributed by atoms with Crippen LogP contribution >= 0.6 is 0 Å². The number of rotatable bonds is 7. The number of nitrogens with one attached hydrogen (secondary N) is 2. The van der Waals surface area contributed by atoms with E-state index in [9.17, 15) is 14.3 Å². The number of amides is 1. The van der Waals surface area contributed by atoms with Crippen LogP contribution in [0.15, 0.2) is 30.7 Å². The molecule has 5 N–H and O–H groups in total. The molecule has 1 atom stereocenters. The molecule has 1 saturated carbocycles. The Kier molecular flexibility index (Phi) is 6.38. The second-order valence-corrected chi connectivity index (χ2v) is 8.54. The zero-order valence-electron chi connectivity index (χ0n) is 18.0. The fraction of sp³-hybridized carbons (Fsp3) is 0.435. The molecule has 1 aliphatic carbocycles. The number of fused-ring (bicyclic) bond motifs is 1. The predicted octanol–water partition coefficient (Wildman–Crippen LogP) is 2.88. The largest absolute Gasteiger partial charge is 0.435 e. The number of aliphatic hydroxyl groups is 1. The zero-order valence-corrected chi connectivity index (χ0v) is 18.0. The lowest BCUT2D eigenvalue weighted by Crippen LogP contribution is -2.57. The van der Waals surface area contributed by atoms with Crippen LogP contribution in [0.1, 0.15) is 43.2 Å². The summed E-state index contributed by atoms with van der Waals surface area (Å²) in [6, 6.07) is 3.64. The first-order chi connectivity index (χ1) is 15.4. The van der Waals surface area contributed by atoms with Gasteiger partial charge in [0.05, 0.1) is 23.6 Å². The van der Waals surface area contributed by atoms with Crippen molar-refractivity contribution in [3.05, 3.63) is 47.7 Å². The molecular formula is C23H28FN5O3. The molecular weight excluding hydrogens is 413 g/mol. The Morgan fingerprint density at radius 3 is 2.84 bits per heavy atom. The number of nitrogens with zero attached hydrogens (tertiary/aromatic N) is 2. The van der Waals surface area contributed by atoms with E-state index in [4.69, 9.17) is 10.5 Å². The van der Waals surface area contributed by atoms with Gasteiger partial charge in [0.25, 0.3) is 0 Å². The molecule has 32 heavy (non-hydrogen) atoms. The molecule has 9 heteroatoms. The maximum absolute atomic E-state index is 14.8. The zero-order chi connectivity index (χ0) is 22.7. The van der Waals surface area contributed by atoms with Gasteiger partial charge in [-0.15, -0.1) is 0 Å². The number of ether oxygens (including phenoxy) is 1. The Morgan fingerprint density at radius 1 is 1.34 bits per heavy atom. The average Bonchev–Trinajstić information content (AvgIpc) is 3.18. The number of benzene rings is 1. The van der Waals surface area contributed by atoms with Crippen LogP contribution in [0.25, 0.3) is 11.0 Å². The van der Waals surface area contributed by atoms with E-state index in [1.807, 2.05) is 6.92 Å². The maximum atomic E-state index is 14.8. The number of carbonyl (C=O) groups excluding carboxylic acids is 1. The van der Waals surface area contributed by atoms with Crippen LogP contribution in [0.3, 0.4) is 0 Å². The van der Waals surface area contributed by atoms with Crippen LogP contribution in [0.4, 0.5) is 4.39 Å². The van der Waals surface area contributed by atoms with E-state index in [1.54, 1.807) is 12.3 Å². The Balaban J connectivity index is 1.44. The molecule has 2 heterocycles. The number of carbonyl (C=O) groups is 1. The number of aliphatic hydroxyl groups excluding tert-OH is 1. The third kappa shape index (κ3) is 4.58. The maximum Gasteiger partial charge on any atom is 0.237 e. The topological polar surface area (TPSA) is 126 Å². The molecule has 1 amide bonds. The SMILES string of the molecule is Cc1c[nH]c2ncnc(Oc3ccc(CC(N)C(=O)NC4(CO)CCCCC4)cc3F)c12. The fourth-order valence-electron chi connectivity index (χ4n) is 4.27. The molecule has 170 valence electrons. The van der Waals surface area contributed by atoms with Crippen molar-refractivity contribution >= 4 is 16.9 Å². The molecule has 0 radical (unpaired) electrons. The summed E-state index contributed by atoms with van der Waals surface area (Å²) in [4.78, 5) is 23.9. The number of halogens is 1. The lowest BCUT2D eigenvalue weighted by Gasteiger charge is -2.37. The van der Waals surface area contributed by atoms with Crippen LogP contribution in [0.5, 0.6) is 11.6 Å². The van der Waals surface area contributed by atoms with Crippen molar-refractivity contribution in [3.8, 4) is 11.6 Å². The first kappa shape index (κ1) is 22.2. The standard InChI is InChI=1S/C23H28FN5O3/c1-14-11-26-20-19(14)22(28-13-27-20)32-18-6-5-15(9-16(18)24)10-17(25)21(31)29-23(12-30)7-3-2-4-8-23/h5-6,9,11,13,17,30H,2-4,7-8,10,12,25H2,1H3,(H,29,31)(H,26,27,28). The van der Waals surface area contributed by atoms with Gasteiger partial charge >= 0.3 is 0 Å². The van der Waals surface area contributed by atoms with E-state index >= 15 is 0 Å². The van der Waals surface area contributed by atoms with Crippen molar-refractivity contribution in [1.29, 1.82) is 0 Å². The number of aryl methyl sites for hydroxylation is 1. The molecule has 0 aliphatic heterocycles. The highest BCUT2D eigenvalue weighted by molar-refractivity contribution is 5.84. The lowest BCUT2D eigenvalue weighted by atomic mass is 9.82. The molecule has 0 bridgehead atoms. The van der Waals surface area contributed by atoms with Crippen LogP contribution in [0.2, 0.25) is 0 Å². The molecule has 3 aromatic rings. The summed E-state index contributed by atoms with van der Waals surface area (Å²) in [7, 11) is 0. The molecule has 4 rings (SSSR count). The number of hydrogen-bond donors (Lipinski definition) is 4. The van der Waals surface area contributed by atoms with Gasteiger partial charge in [-0.3, -0.25) is 4.79 Å². The van der Waals surface area contributed by atoms with E-state index in [0.717, 1.165) is 37.7 Å². The first-order valence-corrected chi connectivity index (χ1v) is 10.8. The van der Waals surface area contributed by atoms with Crippen molar-refractivity contribution in [1.82, 2.24) is 20.3 Å². The van der Waals surface area contributed by atoms with Gasteiger partial charge < -0.3 is 25.9 Å². The minimum Gasteiger partial charge on any atom is -0.435 e. The van der Waals surface area contributed by atoms with Gasteiger partial charge in [0.15, 0.2) is 11.6 Å². The van der Waals surface area contributed by atoms with E-state index in [0.29, 0.717) is 16.6 Å². The Morgan fingerprint density at radius 2 is 2.12 bits per heavy atom. The summed E-state index contributed by atoms with van der Waals surface area (Å²) < 4.78 is 20.5. The third-order valence-electron chi connectivity index (χ3n) is 6.13. The highest BCUT2D eigenvalue weighted by atomic mass is 19.1. The Labute approximate surface area is 185 Å². The number of hydrogen-bond acceptors (Lipinski definition) is 6. The van der Waals surface area contributed by atoms with Crippen LogP contribution in [-0.4, -0.2) is 44.2 Å². The smallest absolute Gasteiger partial charge is 0.237 e. The highest BCUT2D eigenvalue weighted by Crippen LogP contribution is 2.31. The molecule has 1 aliphatic rings. The number of nitrogens with two attached hydrogens (primary N) is 1. The monoisotopic (exact) mass is 441 g/mol. The summed E-state index contributed by atoms with van der Waals surface area (Å²) in [5.41, 5.74) is 7.57.